The normalized spacial score (nSPS) is 14.6. The Labute approximate surface area is 99.2 Å². The highest BCUT2D eigenvalue weighted by atomic mass is 16.3. The molecule has 0 bridgehead atoms. The molecule has 1 N–H and O–H groups in total. The quantitative estimate of drug-likeness (QED) is 0.516. The van der Waals surface area contributed by atoms with E-state index >= 15 is 0 Å². The van der Waals surface area contributed by atoms with Crippen LogP contribution in [0.2, 0.25) is 0 Å². The molecule has 0 aromatic heterocycles. The van der Waals surface area contributed by atoms with Gasteiger partial charge in [0.05, 0.1) is 5.76 Å². The van der Waals surface area contributed by atoms with Crippen molar-refractivity contribution in [3.63, 3.8) is 0 Å². The second-order valence-electron chi connectivity index (χ2n) is 3.74. The first-order chi connectivity index (χ1) is 7.52. The summed E-state index contributed by atoms with van der Waals surface area (Å²) >= 11 is 0. The molecule has 88 valence electrons. The molecule has 0 atom stereocenters. The van der Waals surface area contributed by atoms with Crippen molar-refractivity contribution in [2.45, 2.75) is 34.1 Å². The van der Waals surface area contributed by atoms with Crippen LogP contribution >= 0.6 is 0 Å². The van der Waals surface area contributed by atoms with Crippen molar-refractivity contribution < 1.29 is 5.11 Å². The molecule has 16 heavy (non-hydrogen) atoms. The fourth-order valence-corrected chi connectivity index (χ4v) is 1.37. The Morgan fingerprint density at radius 3 is 2.31 bits per heavy atom. The molecule has 0 aliphatic rings. The predicted octanol–water partition coefficient (Wildman–Crippen LogP) is 4.86. The summed E-state index contributed by atoms with van der Waals surface area (Å²) in [5.41, 5.74) is 3.08. The monoisotopic (exact) mass is 218 g/mol. The summed E-state index contributed by atoms with van der Waals surface area (Å²) in [6, 6.07) is 0. The molecule has 0 spiro atoms. The Kier molecular flexibility index (Phi) is 7.02. The van der Waals surface area contributed by atoms with E-state index in [-0.39, 0.29) is 0 Å². The standard InChI is InChI=1S/C15H22O/c1-6-8-10-15(12(3)4)14(9-7-2)11-13(5)16/h6,8-11,16H,3,7H2,1-2,4-5H3/b8-6-,13-11+,14-9+,15-10+. The number of allylic oxidation sites excluding steroid dienone is 9. The molecule has 0 unspecified atom stereocenters. The maximum Gasteiger partial charge on any atom is 0.0897 e. The molecule has 0 heterocycles. The summed E-state index contributed by atoms with van der Waals surface area (Å²) in [5, 5.41) is 9.35. The highest BCUT2D eigenvalue weighted by Crippen LogP contribution is 2.21. The first-order valence-electron chi connectivity index (χ1n) is 5.59. The molecule has 0 amide bonds. The van der Waals surface area contributed by atoms with Gasteiger partial charge in [0.15, 0.2) is 0 Å². The molecule has 0 saturated carbocycles. The zero-order chi connectivity index (χ0) is 12.6. The van der Waals surface area contributed by atoms with Crippen LogP contribution in [-0.4, -0.2) is 5.11 Å². The van der Waals surface area contributed by atoms with E-state index in [1.807, 2.05) is 32.1 Å². The molecule has 0 aromatic carbocycles. The van der Waals surface area contributed by atoms with Crippen molar-refractivity contribution in [3.8, 4) is 0 Å². The molecule has 1 heteroatoms. The third-order valence-corrected chi connectivity index (χ3v) is 2.01. The fraction of sp³-hybridized carbons (Fsp3) is 0.333. The van der Waals surface area contributed by atoms with Gasteiger partial charge >= 0.3 is 0 Å². The first-order valence-corrected chi connectivity index (χ1v) is 5.59. The number of rotatable bonds is 5. The van der Waals surface area contributed by atoms with Crippen LogP contribution in [-0.2, 0) is 0 Å². The first kappa shape index (κ1) is 14.5. The van der Waals surface area contributed by atoms with Crippen LogP contribution in [0.5, 0.6) is 0 Å². The third-order valence-electron chi connectivity index (χ3n) is 2.01. The van der Waals surface area contributed by atoms with Crippen LogP contribution < -0.4 is 0 Å². The number of aliphatic hydroxyl groups excluding tert-OH is 1. The lowest BCUT2D eigenvalue weighted by Gasteiger charge is -2.08. The molecule has 0 saturated heterocycles. The molecular formula is C15H22O. The molecule has 0 rings (SSSR count). The van der Waals surface area contributed by atoms with E-state index in [4.69, 9.17) is 0 Å². The van der Waals surface area contributed by atoms with Gasteiger partial charge in [-0.3, -0.25) is 0 Å². The van der Waals surface area contributed by atoms with Crippen LogP contribution in [0.25, 0.3) is 0 Å². The molecule has 0 aliphatic heterocycles. The van der Waals surface area contributed by atoms with Gasteiger partial charge in [-0.1, -0.05) is 43.4 Å². The Hall–Kier alpha value is -1.50. The Bertz CT molecular complexity index is 348. The Morgan fingerprint density at radius 1 is 1.31 bits per heavy atom. The van der Waals surface area contributed by atoms with Crippen molar-refractivity contribution in [3.05, 3.63) is 59.4 Å². The number of hydrogen-bond acceptors (Lipinski definition) is 1. The van der Waals surface area contributed by atoms with E-state index in [0.717, 1.165) is 23.1 Å². The summed E-state index contributed by atoms with van der Waals surface area (Å²) in [4.78, 5) is 0. The van der Waals surface area contributed by atoms with Crippen molar-refractivity contribution in [2.24, 2.45) is 0 Å². The van der Waals surface area contributed by atoms with E-state index in [9.17, 15) is 5.11 Å². The van der Waals surface area contributed by atoms with Gasteiger partial charge in [0.25, 0.3) is 0 Å². The zero-order valence-corrected chi connectivity index (χ0v) is 10.7. The SMILES string of the molecule is C=C(C)C(=C\C=C/C)/C(/C=C(\C)O)=C/CC. The minimum atomic E-state index is 0.312. The van der Waals surface area contributed by atoms with Gasteiger partial charge in [0.2, 0.25) is 0 Å². The van der Waals surface area contributed by atoms with E-state index in [2.05, 4.69) is 19.6 Å². The third kappa shape index (κ3) is 5.40. The maximum atomic E-state index is 9.35. The summed E-state index contributed by atoms with van der Waals surface area (Å²) < 4.78 is 0. The Morgan fingerprint density at radius 2 is 1.94 bits per heavy atom. The molecule has 1 nitrogen and oxygen atoms in total. The van der Waals surface area contributed by atoms with Gasteiger partial charge < -0.3 is 5.11 Å². The van der Waals surface area contributed by atoms with Crippen LogP contribution in [0.1, 0.15) is 34.1 Å². The van der Waals surface area contributed by atoms with Gasteiger partial charge in [-0.2, -0.15) is 0 Å². The highest BCUT2D eigenvalue weighted by molar-refractivity contribution is 5.51. The maximum absolute atomic E-state index is 9.35. The molecule has 0 fully saturated rings. The smallest absolute Gasteiger partial charge is 0.0897 e. The summed E-state index contributed by atoms with van der Waals surface area (Å²) in [6.45, 7) is 11.7. The minimum absolute atomic E-state index is 0.312. The summed E-state index contributed by atoms with van der Waals surface area (Å²) in [7, 11) is 0. The van der Waals surface area contributed by atoms with E-state index in [1.54, 1.807) is 13.0 Å². The average Bonchev–Trinajstić information content (AvgIpc) is 2.17. The van der Waals surface area contributed by atoms with E-state index < -0.39 is 0 Å². The highest BCUT2D eigenvalue weighted by Gasteiger charge is 2.02. The van der Waals surface area contributed by atoms with Gasteiger partial charge in [-0.15, -0.1) is 0 Å². The van der Waals surface area contributed by atoms with Crippen LogP contribution in [0, 0.1) is 0 Å². The van der Waals surface area contributed by atoms with E-state index in [1.165, 1.54) is 0 Å². The number of hydrogen-bond donors (Lipinski definition) is 1. The minimum Gasteiger partial charge on any atom is -0.513 e. The lowest BCUT2D eigenvalue weighted by molar-refractivity contribution is 0.414. The van der Waals surface area contributed by atoms with Gasteiger partial charge in [-0.25, -0.2) is 0 Å². The average molecular weight is 218 g/mol. The molecular weight excluding hydrogens is 196 g/mol. The lowest BCUT2D eigenvalue weighted by atomic mass is 9.97. The van der Waals surface area contributed by atoms with Crippen molar-refractivity contribution in [1.82, 2.24) is 0 Å². The van der Waals surface area contributed by atoms with Gasteiger partial charge in [0.1, 0.15) is 0 Å². The largest absolute Gasteiger partial charge is 0.513 e. The van der Waals surface area contributed by atoms with Crippen LogP contribution in [0.15, 0.2) is 59.4 Å². The van der Waals surface area contributed by atoms with Gasteiger partial charge in [-0.05, 0) is 44.4 Å². The topological polar surface area (TPSA) is 20.2 Å². The van der Waals surface area contributed by atoms with Crippen molar-refractivity contribution in [2.75, 3.05) is 0 Å². The lowest BCUT2D eigenvalue weighted by Crippen LogP contribution is -1.90. The zero-order valence-electron chi connectivity index (χ0n) is 10.7. The fourth-order valence-electron chi connectivity index (χ4n) is 1.37. The van der Waals surface area contributed by atoms with E-state index in [0.29, 0.717) is 5.76 Å². The van der Waals surface area contributed by atoms with Crippen molar-refractivity contribution >= 4 is 0 Å². The summed E-state index contributed by atoms with van der Waals surface area (Å²) in [5.74, 6) is 0.312. The molecule has 0 radical (unpaired) electrons. The second-order valence-corrected chi connectivity index (χ2v) is 3.74. The molecule has 0 aromatic rings. The van der Waals surface area contributed by atoms with Gasteiger partial charge in [0, 0.05) is 0 Å². The van der Waals surface area contributed by atoms with Crippen molar-refractivity contribution in [1.29, 1.82) is 0 Å². The summed E-state index contributed by atoms with van der Waals surface area (Å²) in [6.07, 6.45) is 10.8. The predicted molar refractivity (Wildman–Crippen MR) is 72.5 cm³/mol. The number of aliphatic hydroxyl groups is 1. The van der Waals surface area contributed by atoms with Crippen LogP contribution in [0.4, 0.5) is 0 Å². The van der Waals surface area contributed by atoms with Crippen LogP contribution in [0.3, 0.4) is 0 Å². The second kappa shape index (κ2) is 7.75. The Balaban J connectivity index is 5.37. The molecule has 0 aliphatic carbocycles.